The van der Waals surface area contributed by atoms with Gasteiger partial charge in [0.05, 0.1) is 24.8 Å². The summed E-state index contributed by atoms with van der Waals surface area (Å²) in [6, 6.07) is 7.44. The van der Waals surface area contributed by atoms with Gasteiger partial charge in [-0.25, -0.2) is 0 Å². The monoisotopic (exact) mass is 482 g/mol. The fourth-order valence-electron chi connectivity index (χ4n) is 3.42. The second-order valence-corrected chi connectivity index (χ2v) is 7.67. The van der Waals surface area contributed by atoms with Crippen LogP contribution in [0.1, 0.15) is 21.5 Å². The number of methoxy groups -OCH3 is 2. The molecule has 2 amide bonds. The topological polar surface area (TPSA) is 59.1 Å². The number of hydrogen-bond donors (Lipinski definition) is 0. The van der Waals surface area contributed by atoms with Crippen LogP contribution >= 0.6 is 11.6 Å². The maximum atomic E-state index is 12.7. The summed E-state index contributed by atoms with van der Waals surface area (Å²) in [4.78, 5) is 28.2. The van der Waals surface area contributed by atoms with Crippen molar-refractivity contribution in [1.82, 2.24) is 9.80 Å². The Morgan fingerprint density at radius 3 is 2.12 bits per heavy atom. The molecule has 2 aromatic carbocycles. The summed E-state index contributed by atoms with van der Waals surface area (Å²) < 4.78 is 48.5. The second kappa shape index (κ2) is 10.2. The molecular formula is C23H22ClF3N2O4. The van der Waals surface area contributed by atoms with Crippen LogP contribution in [0.2, 0.25) is 5.02 Å². The van der Waals surface area contributed by atoms with Crippen molar-refractivity contribution in [2.45, 2.75) is 6.18 Å². The number of carbonyl (C=O) groups excluding carboxylic acids is 2. The molecule has 0 aromatic heterocycles. The van der Waals surface area contributed by atoms with Gasteiger partial charge in [-0.3, -0.25) is 9.59 Å². The number of alkyl halides is 3. The van der Waals surface area contributed by atoms with Crippen molar-refractivity contribution in [1.29, 1.82) is 0 Å². The number of halogens is 4. The number of piperazine rings is 1. The molecule has 0 bridgehead atoms. The predicted molar refractivity (Wildman–Crippen MR) is 118 cm³/mol. The summed E-state index contributed by atoms with van der Waals surface area (Å²) in [5.74, 6) is 0.234. The first kappa shape index (κ1) is 24.4. The van der Waals surface area contributed by atoms with Crippen molar-refractivity contribution < 1.29 is 32.2 Å². The standard InChI is InChI=1S/C23H22ClF3N2O4/c1-32-19-14-15(13-18(24)21(19)33-2)3-8-20(30)28-9-11-29(12-10-28)22(31)16-4-6-17(7-5-16)23(25,26)27/h3-8,13-14H,9-12H2,1-2H3/b8-3+. The van der Waals surface area contributed by atoms with Crippen LogP contribution in [-0.2, 0) is 11.0 Å². The van der Waals surface area contributed by atoms with Gasteiger partial charge in [0.15, 0.2) is 11.5 Å². The molecule has 6 nitrogen and oxygen atoms in total. The number of benzene rings is 2. The molecule has 33 heavy (non-hydrogen) atoms. The van der Waals surface area contributed by atoms with E-state index < -0.39 is 11.7 Å². The average molecular weight is 483 g/mol. The van der Waals surface area contributed by atoms with Gasteiger partial charge in [-0.1, -0.05) is 11.6 Å². The lowest BCUT2D eigenvalue weighted by atomic mass is 10.1. The first-order valence-electron chi connectivity index (χ1n) is 9.99. The fraction of sp³-hybridized carbons (Fsp3) is 0.304. The van der Waals surface area contributed by atoms with Gasteiger partial charge in [-0.05, 0) is 48.0 Å². The lowest BCUT2D eigenvalue weighted by molar-refractivity contribution is -0.137. The van der Waals surface area contributed by atoms with E-state index in [0.29, 0.717) is 35.2 Å². The van der Waals surface area contributed by atoms with Crippen LogP contribution in [0.3, 0.4) is 0 Å². The van der Waals surface area contributed by atoms with E-state index in [1.54, 1.807) is 23.1 Å². The van der Waals surface area contributed by atoms with Crippen LogP contribution in [0.5, 0.6) is 11.5 Å². The van der Waals surface area contributed by atoms with E-state index in [1.807, 2.05) is 0 Å². The van der Waals surface area contributed by atoms with Crippen LogP contribution in [-0.4, -0.2) is 62.0 Å². The van der Waals surface area contributed by atoms with E-state index >= 15 is 0 Å². The van der Waals surface area contributed by atoms with Crippen LogP contribution in [0.4, 0.5) is 13.2 Å². The molecule has 1 aliphatic heterocycles. The summed E-state index contributed by atoms with van der Waals surface area (Å²) in [5.41, 5.74) is 0.0205. The Morgan fingerprint density at radius 2 is 1.58 bits per heavy atom. The number of carbonyl (C=O) groups is 2. The molecule has 0 N–H and O–H groups in total. The molecule has 0 saturated carbocycles. The van der Waals surface area contributed by atoms with E-state index in [2.05, 4.69) is 0 Å². The van der Waals surface area contributed by atoms with Crippen LogP contribution in [0, 0.1) is 0 Å². The van der Waals surface area contributed by atoms with Gasteiger partial charge in [-0.15, -0.1) is 0 Å². The molecule has 3 rings (SSSR count). The van der Waals surface area contributed by atoms with Gasteiger partial charge in [0.2, 0.25) is 5.91 Å². The van der Waals surface area contributed by atoms with Crippen molar-refractivity contribution >= 4 is 29.5 Å². The highest BCUT2D eigenvalue weighted by molar-refractivity contribution is 6.32. The van der Waals surface area contributed by atoms with E-state index in [0.717, 1.165) is 12.1 Å². The summed E-state index contributed by atoms with van der Waals surface area (Å²) in [6.07, 6.45) is -1.44. The number of rotatable bonds is 5. The van der Waals surface area contributed by atoms with Gasteiger partial charge < -0.3 is 19.3 Å². The lowest BCUT2D eigenvalue weighted by Gasteiger charge is -2.34. The molecular weight excluding hydrogens is 461 g/mol. The van der Waals surface area contributed by atoms with E-state index in [-0.39, 0.29) is 30.5 Å². The van der Waals surface area contributed by atoms with Crippen LogP contribution in [0.15, 0.2) is 42.5 Å². The molecule has 176 valence electrons. The quantitative estimate of drug-likeness (QED) is 0.594. The average Bonchev–Trinajstić information content (AvgIpc) is 2.81. The molecule has 1 heterocycles. The first-order chi connectivity index (χ1) is 15.6. The molecule has 1 aliphatic rings. The Labute approximate surface area is 194 Å². The van der Waals surface area contributed by atoms with Crippen molar-refractivity contribution in [3.63, 3.8) is 0 Å². The van der Waals surface area contributed by atoms with Crippen molar-refractivity contribution in [3.8, 4) is 11.5 Å². The summed E-state index contributed by atoms with van der Waals surface area (Å²) in [6.45, 7) is 1.17. The molecule has 1 saturated heterocycles. The lowest BCUT2D eigenvalue weighted by Crippen LogP contribution is -2.50. The van der Waals surface area contributed by atoms with Gasteiger partial charge in [-0.2, -0.15) is 13.2 Å². The smallest absolute Gasteiger partial charge is 0.416 e. The van der Waals surface area contributed by atoms with E-state index in [1.165, 1.54) is 37.3 Å². The zero-order valence-corrected chi connectivity index (χ0v) is 18.7. The molecule has 0 aliphatic carbocycles. The summed E-state index contributed by atoms with van der Waals surface area (Å²) in [7, 11) is 2.96. The Bertz CT molecular complexity index is 1050. The molecule has 2 aromatic rings. The minimum absolute atomic E-state index is 0.174. The molecule has 0 spiro atoms. The number of hydrogen-bond acceptors (Lipinski definition) is 4. The minimum Gasteiger partial charge on any atom is -0.493 e. The normalized spacial score (nSPS) is 14.5. The number of nitrogens with zero attached hydrogens (tertiary/aromatic N) is 2. The van der Waals surface area contributed by atoms with Crippen LogP contribution in [0.25, 0.3) is 6.08 Å². The second-order valence-electron chi connectivity index (χ2n) is 7.26. The Kier molecular flexibility index (Phi) is 7.53. The van der Waals surface area contributed by atoms with E-state index in [4.69, 9.17) is 21.1 Å². The fourth-order valence-corrected chi connectivity index (χ4v) is 3.72. The molecule has 0 unspecified atom stereocenters. The zero-order chi connectivity index (χ0) is 24.2. The third kappa shape index (κ3) is 5.78. The third-order valence-corrected chi connectivity index (χ3v) is 5.49. The number of amides is 2. The maximum Gasteiger partial charge on any atom is 0.416 e. The van der Waals surface area contributed by atoms with Crippen LogP contribution < -0.4 is 9.47 Å². The summed E-state index contributed by atoms with van der Waals surface area (Å²) in [5, 5.41) is 0.347. The molecule has 0 radical (unpaired) electrons. The Balaban J connectivity index is 1.59. The Hall–Kier alpha value is -3.20. The van der Waals surface area contributed by atoms with Gasteiger partial charge in [0.25, 0.3) is 5.91 Å². The molecule has 0 atom stereocenters. The number of ether oxygens (including phenoxy) is 2. The Morgan fingerprint density at radius 1 is 0.970 bits per heavy atom. The highest BCUT2D eigenvalue weighted by Gasteiger charge is 2.31. The largest absolute Gasteiger partial charge is 0.493 e. The minimum atomic E-state index is -4.45. The van der Waals surface area contributed by atoms with Gasteiger partial charge >= 0.3 is 6.18 Å². The van der Waals surface area contributed by atoms with Crippen molar-refractivity contribution in [2.24, 2.45) is 0 Å². The predicted octanol–water partition coefficient (Wildman–Crippen LogP) is 4.37. The summed E-state index contributed by atoms with van der Waals surface area (Å²) >= 11 is 6.18. The first-order valence-corrected chi connectivity index (χ1v) is 10.4. The highest BCUT2D eigenvalue weighted by Crippen LogP contribution is 2.36. The van der Waals surface area contributed by atoms with Gasteiger partial charge in [0.1, 0.15) is 0 Å². The maximum absolute atomic E-state index is 12.7. The SMILES string of the molecule is COc1cc(/C=C/C(=O)N2CCN(C(=O)c3ccc(C(F)(F)F)cc3)CC2)cc(Cl)c1OC. The molecule has 10 heteroatoms. The van der Waals surface area contributed by atoms with E-state index in [9.17, 15) is 22.8 Å². The zero-order valence-electron chi connectivity index (χ0n) is 18.0. The highest BCUT2D eigenvalue weighted by atomic mass is 35.5. The van der Waals surface area contributed by atoms with Crippen molar-refractivity contribution in [3.05, 3.63) is 64.2 Å². The van der Waals surface area contributed by atoms with Crippen molar-refractivity contribution in [2.75, 3.05) is 40.4 Å². The molecule has 1 fully saturated rings. The third-order valence-electron chi connectivity index (χ3n) is 5.21. The van der Waals surface area contributed by atoms with Gasteiger partial charge in [0, 0.05) is 37.8 Å².